The lowest BCUT2D eigenvalue weighted by molar-refractivity contribution is -0.384. The molecule has 2 aromatic heterocycles. The predicted octanol–water partition coefficient (Wildman–Crippen LogP) is 3.21. The Labute approximate surface area is 120 Å². The van der Waals surface area contributed by atoms with Gasteiger partial charge in [-0.25, -0.2) is 4.98 Å². The van der Waals surface area contributed by atoms with E-state index in [1.807, 2.05) is 0 Å². The highest BCUT2D eigenvalue weighted by Gasteiger charge is 2.21. The number of nitro groups is 1. The van der Waals surface area contributed by atoms with Crippen molar-refractivity contribution in [1.29, 1.82) is 0 Å². The minimum Gasteiger partial charge on any atom is -0.312 e. The van der Waals surface area contributed by atoms with E-state index in [9.17, 15) is 14.9 Å². The number of H-pyrrole nitrogens is 1. The molecule has 0 amide bonds. The van der Waals surface area contributed by atoms with Crippen LogP contribution >= 0.6 is 22.9 Å². The summed E-state index contributed by atoms with van der Waals surface area (Å²) >= 11 is 7.20. The molecule has 3 rings (SSSR count). The smallest absolute Gasteiger partial charge is 0.279 e. The van der Waals surface area contributed by atoms with Gasteiger partial charge < -0.3 is 4.98 Å². The van der Waals surface area contributed by atoms with E-state index >= 15 is 0 Å². The lowest BCUT2D eigenvalue weighted by Gasteiger charge is -2.02. The Morgan fingerprint density at radius 3 is 2.90 bits per heavy atom. The highest BCUT2D eigenvalue weighted by Crippen LogP contribution is 2.40. The number of hydrogen-bond acceptors (Lipinski definition) is 5. The first kappa shape index (κ1) is 12.8. The molecule has 0 unspecified atom stereocenters. The minimum absolute atomic E-state index is 0.0968. The fraction of sp³-hybridized carbons (Fsp3) is 0. The molecular weight excluding hydrogens is 302 g/mol. The van der Waals surface area contributed by atoms with Gasteiger partial charge in [0.25, 0.3) is 11.2 Å². The molecule has 6 nitrogen and oxygen atoms in total. The topological polar surface area (TPSA) is 88.9 Å². The van der Waals surface area contributed by atoms with Crippen LogP contribution in [-0.4, -0.2) is 14.9 Å². The molecule has 0 fully saturated rings. The van der Waals surface area contributed by atoms with Crippen LogP contribution in [0.2, 0.25) is 5.02 Å². The number of benzene rings is 1. The molecule has 8 heteroatoms. The van der Waals surface area contributed by atoms with Crippen molar-refractivity contribution in [3.63, 3.8) is 0 Å². The lowest BCUT2D eigenvalue weighted by Crippen LogP contribution is -2.02. The summed E-state index contributed by atoms with van der Waals surface area (Å²) in [5.74, 6) is 0. The van der Waals surface area contributed by atoms with Gasteiger partial charge in [-0.1, -0.05) is 17.7 Å². The van der Waals surface area contributed by atoms with Crippen LogP contribution in [0.15, 0.2) is 35.4 Å². The van der Waals surface area contributed by atoms with Crippen molar-refractivity contribution in [2.75, 3.05) is 0 Å². The molecule has 1 N–H and O–H groups in total. The molecular formula is C12H6ClN3O3S. The van der Waals surface area contributed by atoms with Gasteiger partial charge in [-0.2, -0.15) is 0 Å². The molecule has 0 spiro atoms. The molecule has 20 heavy (non-hydrogen) atoms. The number of aromatic nitrogens is 2. The summed E-state index contributed by atoms with van der Waals surface area (Å²) in [6, 6.07) is 6.10. The molecule has 0 aliphatic carbocycles. The second-order valence-corrected chi connectivity index (χ2v) is 5.41. The number of nitro benzene ring substituents is 1. The van der Waals surface area contributed by atoms with Gasteiger partial charge in [0, 0.05) is 10.9 Å². The van der Waals surface area contributed by atoms with Gasteiger partial charge in [-0.3, -0.25) is 14.9 Å². The molecule has 0 atom stereocenters. The quantitative estimate of drug-likeness (QED) is 0.581. The van der Waals surface area contributed by atoms with Gasteiger partial charge in [0.1, 0.15) is 4.70 Å². The largest absolute Gasteiger partial charge is 0.312 e. The Bertz CT molecular complexity index is 887. The molecule has 0 aliphatic rings. The summed E-state index contributed by atoms with van der Waals surface area (Å²) in [4.78, 5) is 29.3. The summed E-state index contributed by atoms with van der Waals surface area (Å²) in [7, 11) is 0. The van der Waals surface area contributed by atoms with Gasteiger partial charge in [0.15, 0.2) is 0 Å². The van der Waals surface area contributed by atoms with Crippen molar-refractivity contribution >= 4 is 38.8 Å². The summed E-state index contributed by atoms with van der Waals surface area (Å²) in [5.41, 5.74) is 0.422. The van der Waals surface area contributed by atoms with Gasteiger partial charge in [0.2, 0.25) is 0 Å². The van der Waals surface area contributed by atoms with Gasteiger partial charge in [0.05, 0.1) is 27.4 Å². The predicted molar refractivity (Wildman–Crippen MR) is 77.3 cm³/mol. The standard InChI is InChI=1S/C12H6ClN3O3S/c13-6-2-1-3-8(16(18)19)10(6)9-4-7-11(20-9)12(17)15-5-14-7/h1-5H,(H,14,15,17). The van der Waals surface area contributed by atoms with E-state index in [1.165, 1.54) is 18.5 Å². The first-order chi connectivity index (χ1) is 9.58. The van der Waals surface area contributed by atoms with E-state index < -0.39 is 4.92 Å². The molecule has 0 saturated carbocycles. The Balaban J connectivity index is 2.34. The van der Waals surface area contributed by atoms with Crippen molar-refractivity contribution in [1.82, 2.24) is 9.97 Å². The Morgan fingerprint density at radius 2 is 2.20 bits per heavy atom. The average molecular weight is 308 g/mol. The number of fused-ring (bicyclic) bond motifs is 1. The number of thiophene rings is 1. The van der Waals surface area contributed by atoms with Crippen LogP contribution in [0.4, 0.5) is 5.69 Å². The van der Waals surface area contributed by atoms with Crippen LogP contribution in [-0.2, 0) is 0 Å². The molecule has 2 heterocycles. The van der Waals surface area contributed by atoms with Crippen molar-refractivity contribution in [3.8, 4) is 10.4 Å². The molecule has 3 aromatic rings. The monoisotopic (exact) mass is 307 g/mol. The maximum Gasteiger partial charge on any atom is 0.279 e. The third kappa shape index (κ3) is 1.97. The molecule has 100 valence electrons. The van der Waals surface area contributed by atoms with Crippen molar-refractivity contribution in [2.24, 2.45) is 0 Å². The zero-order valence-electron chi connectivity index (χ0n) is 9.79. The molecule has 0 saturated heterocycles. The number of halogens is 1. The second-order valence-electron chi connectivity index (χ2n) is 3.95. The van der Waals surface area contributed by atoms with E-state index in [-0.39, 0.29) is 16.3 Å². The van der Waals surface area contributed by atoms with Crippen LogP contribution in [0.5, 0.6) is 0 Å². The Hall–Kier alpha value is -2.25. The summed E-state index contributed by atoms with van der Waals surface area (Å²) < 4.78 is 0.414. The van der Waals surface area contributed by atoms with Crippen LogP contribution in [0.25, 0.3) is 20.7 Å². The number of nitrogens with one attached hydrogen (secondary N) is 1. The first-order valence-electron chi connectivity index (χ1n) is 5.48. The number of nitrogens with zero attached hydrogens (tertiary/aromatic N) is 2. The number of aromatic amines is 1. The number of hydrogen-bond donors (Lipinski definition) is 1. The minimum atomic E-state index is -0.497. The highest BCUT2D eigenvalue weighted by molar-refractivity contribution is 7.22. The molecule has 1 aromatic carbocycles. The average Bonchev–Trinajstić information content (AvgIpc) is 2.83. The van der Waals surface area contributed by atoms with Gasteiger partial charge in [-0.05, 0) is 12.1 Å². The maximum absolute atomic E-state index is 11.7. The van der Waals surface area contributed by atoms with Crippen LogP contribution in [0.1, 0.15) is 0 Å². The van der Waals surface area contributed by atoms with E-state index in [0.29, 0.717) is 20.7 Å². The first-order valence-corrected chi connectivity index (χ1v) is 6.68. The molecule has 0 radical (unpaired) electrons. The van der Waals surface area contributed by atoms with Crippen molar-refractivity contribution in [3.05, 3.63) is 56.1 Å². The molecule has 0 bridgehead atoms. The Kier molecular flexibility index (Phi) is 3.00. The van der Waals surface area contributed by atoms with Crippen molar-refractivity contribution < 1.29 is 4.92 Å². The summed E-state index contributed by atoms with van der Waals surface area (Å²) in [6.07, 6.45) is 1.29. The zero-order chi connectivity index (χ0) is 14.3. The number of rotatable bonds is 2. The maximum atomic E-state index is 11.7. The normalized spacial score (nSPS) is 10.8. The lowest BCUT2D eigenvalue weighted by atomic mass is 10.1. The fourth-order valence-electron chi connectivity index (χ4n) is 1.90. The highest BCUT2D eigenvalue weighted by atomic mass is 35.5. The molecule has 0 aliphatic heterocycles. The van der Waals surface area contributed by atoms with Crippen LogP contribution in [0.3, 0.4) is 0 Å². The fourth-order valence-corrected chi connectivity index (χ4v) is 3.30. The van der Waals surface area contributed by atoms with E-state index in [4.69, 9.17) is 11.6 Å². The Morgan fingerprint density at radius 1 is 1.40 bits per heavy atom. The van der Waals surface area contributed by atoms with Crippen LogP contribution < -0.4 is 5.56 Å². The van der Waals surface area contributed by atoms with Gasteiger partial charge in [-0.15, -0.1) is 11.3 Å². The zero-order valence-corrected chi connectivity index (χ0v) is 11.4. The SMILES string of the molecule is O=c1[nH]cnc2cc(-c3c(Cl)cccc3[N+](=O)[O-])sc12. The van der Waals surface area contributed by atoms with Crippen molar-refractivity contribution in [2.45, 2.75) is 0 Å². The van der Waals surface area contributed by atoms with E-state index in [2.05, 4.69) is 9.97 Å². The van der Waals surface area contributed by atoms with Crippen LogP contribution in [0, 0.1) is 10.1 Å². The third-order valence-electron chi connectivity index (χ3n) is 2.75. The van der Waals surface area contributed by atoms with Gasteiger partial charge >= 0.3 is 0 Å². The third-order valence-corrected chi connectivity index (χ3v) is 4.21. The van der Waals surface area contributed by atoms with E-state index in [0.717, 1.165) is 11.3 Å². The van der Waals surface area contributed by atoms with E-state index in [1.54, 1.807) is 12.1 Å². The summed E-state index contributed by atoms with van der Waals surface area (Å²) in [5, 5.41) is 11.4. The second kappa shape index (κ2) is 4.69. The summed E-state index contributed by atoms with van der Waals surface area (Å²) in [6.45, 7) is 0.